The van der Waals surface area contributed by atoms with Crippen LogP contribution in [0.2, 0.25) is 0 Å². The Hall–Kier alpha value is -2.14. The predicted octanol–water partition coefficient (Wildman–Crippen LogP) is 4.80. The first-order chi connectivity index (χ1) is 12.4. The molecule has 0 aliphatic heterocycles. The molecule has 0 saturated heterocycles. The second kappa shape index (κ2) is 8.99. The van der Waals surface area contributed by atoms with Crippen molar-refractivity contribution in [1.82, 2.24) is 4.98 Å². The highest BCUT2D eigenvalue weighted by atomic mass is 16.5. The highest BCUT2D eigenvalue weighted by Gasteiger charge is 2.35. The fourth-order valence-electron chi connectivity index (χ4n) is 3.15. The van der Waals surface area contributed by atoms with Gasteiger partial charge in [0, 0.05) is 18.2 Å². The molecule has 2 aromatic rings. The third-order valence-corrected chi connectivity index (χ3v) is 4.18. The second-order valence-corrected chi connectivity index (χ2v) is 7.08. The van der Waals surface area contributed by atoms with Gasteiger partial charge in [-0.2, -0.15) is 0 Å². The van der Waals surface area contributed by atoms with E-state index in [1.165, 1.54) is 0 Å². The van der Waals surface area contributed by atoms with E-state index < -0.39 is 5.60 Å². The lowest BCUT2D eigenvalue weighted by Gasteiger charge is -2.30. The second-order valence-electron chi connectivity index (χ2n) is 7.08. The molecule has 1 heterocycles. The van der Waals surface area contributed by atoms with Crippen LogP contribution in [0.4, 0.5) is 5.69 Å². The van der Waals surface area contributed by atoms with Gasteiger partial charge in [-0.25, -0.2) is 0 Å². The van der Waals surface area contributed by atoms with E-state index >= 15 is 0 Å². The first-order valence-corrected chi connectivity index (χ1v) is 9.37. The van der Waals surface area contributed by atoms with Gasteiger partial charge >= 0.3 is 0 Å². The third-order valence-electron chi connectivity index (χ3n) is 4.18. The van der Waals surface area contributed by atoms with E-state index in [0.717, 1.165) is 28.8 Å². The van der Waals surface area contributed by atoms with Gasteiger partial charge in [-0.05, 0) is 56.9 Å². The summed E-state index contributed by atoms with van der Waals surface area (Å²) >= 11 is 0. The van der Waals surface area contributed by atoms with Gasteiger partial charge < -0.3 is 14.8 Å². The Bertz CT molecular complexity index is 745. The number of hydrogen-bond donors (Lipinski definition) is 1. The molecule has 2 rings (SSSR count). The molecule has 1 aromatic heterocycles. The predicted molar refractivity (Wildman–Crippen MR) is 106 cm³/mol. The molecular weight excluding hydrogens is 328 g/mol. The largest absolute Gasteiger partial charge is 0.491 e. The average molecular weight is 358 g/mol. The fraction of sp³-hybridized carbons (Fsp3) is 0.524. The Labute approximate surface area is 156 Å². The molecule has 0 unspecified atom stereocenters. The number of pyridine rings is 1. The Morgan fingerprint density at radius 1 is 1.27 bits per heavy atom. The van der Waals surface area contributed by atoms with Crippen LogP contribution in [-0.4, -0.2) is 29.7 Å². The number of hydrogen-bond acceptors (Lipinski definition) is 4. The summed E-state index contributed by atoms with van der Waals surface area (Å²) in [6.07, 6.45) is 3.31. The van der Waals surface area contributed by atoms with Gasteiger partial charge in [0.05, 0.1) is 12.3 Å². The molecule has 1 amide bonds. The van der Waals surface area contributed by atoms with E-state index in [4.69, 9.17) is 9.47 Å². The monoisotopic (exact) mass is 358 g/mol. The minimum atomic E-state index is -0.866. The van der Waals surface area contributed by atoms with Crippen molar-refractivity contribution in [2.75, 3.05) is 18.5 Å². The van der Waals surface area contributed by atoms with Crippen LogP contribution in [0.15, 0.2) is 30.5 Å². The number of rotatable bonds is 9. The van der Waals surface area contributed by atoms with Crippen molar-refractivity contribution in [3.63, 3.8) is 0 Å². The highest BCUT2D eigenvalue weighted by molar-refractivity contribution is 6.05. The molecule has 1 aromatic carbocycles. The molecule has 1 N–H and O–H groups in total. The maximum absolute atomic E-state index is 13.0. The summed E-state index contributed by atoms with van der Waals surface area (Å²) in [6.45, 7) is 11.1. The van der Waals surface area contributed by atoms with Crippen LogP contribution in [0.5, 0.6) is 5.75 Å². The summed E-state index contributed by atoms with van der Waals surface area (Å²) in [6, 6.07) is 7.53. The third kappa shape index (κ3) is 4.73. The van der Waals surface area contributed by atoms with Crippen molar-refractivity contribution in [2.45, 2.75) is 53.1 Å². The van der Waals surface area contributed by atoms with Gasteiger partial charge in [0.25, 0.3) is 5.91 Å². The fourth-order valence-corrected chi connectivity index (χ4v) is 3.15. The molecule has 1 atom stereocenters. The standard InChI is InChI=1S/C21H30N2O3/c1-6-13-25-18-11-10-17(16-9-8-12-22-19(16)18)23-20(24)21(5,26-7-2)14-15(3)4/h8-12,15H,6-7,13-14H2,1-5H3,(H,23,24)/t21-/m0/s1. The first kappa shape index (κ1) is 20.2. The number of amides is 1. The highest BCUT2D eigenvalue weighted by Crippen LogP contribution is 2.31. The molecule has 0 aliphatic rings. The lowest BCUT2D eigenvalue weighted by molar-refractivity contribution is -0.140. The van der Waals surface area contributed by atoms with Crippen molar-refractivity contribution in [1.29, 1.82) is 0 Å². The zero-order valence-electron chi connectivity index (χ0n) is 16.5. The summed E-state index contributed by atoms with van der Waals surface area (Å²) in [5.41, 5.74) is 0.604. The van der Waals surface area contributed by atoms with E-state index in [9.17, 15) is 4.79 Å². The number of anilines is 1. The number of nitrogens with one attached hydrogen (secondary N) is 1. The van der Waals surface area contributed by atoms with Crippen LogP contribution in [0.25, 0.3) is 10.9 Å². The SMILES string of the molecule is CCCOc1ccc(NC(=O)[C@](C)(CC(C)C)OCC)c2cccnc12. The van der Waals surface area contributed by atoms with E-state index in [2.05, 4.69) is 31.1 Å². The Balaban J connectivity index is 2.34. The van der Waals surface area contributed by atoms with Crippen LogP contribution in [0.1, 0.15) is 47.5 Å². The Morgan fingerprint density at radius 2 is 2.04 bits per heavy atom. The Kier molecular flexibility index (Phi) is 6.98. The summed E-state index contributed by atoms with van der Waals surface area (Å²) in [4.78, 5) is 17.4. The average Bonchev–Trinajstić information content (AvgIpc) is 2.60. The molecule has 26 heavy (non-hydrogen) atoms. The summed E-state index contributed by atoms with van der Waals surface area (Å²) in [5.74, 6) is 0.941. The number of nitrogens with zero attached hydrogens (tertiary/aromatic N) is 1. The van der Waals surface area contributed by atoms with Crippen LogP contribution in [0.3, 0.4) is 0 Å². The maximum atomic E-state index is 13.0. The smallest absolute Gasteiger partial charge is 0.256 e. The number of ether oxygens (including phenoxy) is 2. The van der Waals surface area contributed by atoms with E-state index in [0.29, 0.717) is 25.6 Å². The zero-order chi connectivity index (χ0) is 19.2. The molecule has 0 fully saturated rings. The van der Waals surface area contributed by atoms with E-state index in [1.54, 1.807) is 6.20 Å². The van der Waals surface area contributed by atoms with E-state index in [-0.39, 0.29) is 5.91 Å². The molecular formula is C21H30N2O3. The summed E-state index contributed by atoms with van der Waals surface area (Å²) in [7, 11) is 0. The number of benzene rings is 1. The van der Waals surface area contributed by atoms with E-state index in [1.807, 2.05) is 38.1 Å². The van der Waals surface area contributed by atoms with Crippen LogP contribution in [0, 0.1) is 5.92 Å². The van der Waals surface area contributed by atoms with Crippen LogP contribution in [-0.2, 0) is 9.53 Å². The van der Waals surface area contributed by atoms with Gasteiger partial charge in [0.2, 0.25) is 0 Å². The molecule has 0 aliphatic carbocycles. The van der Waals surface area contributed by atoms with Crippen molar-refractivity contribution < 1.29 is 14.3 Å². The van der Waals surface area contributed by atoms with Crippen molar-refractivity contribution in [3.8, 4) is 5.75 Å². The number of aromatic nitrogens is 1. The molecule has 0 bridgehead atoms. The minimum Gasteiger partial charge on any atom is -0.491 e. The van der Waals surface area contributed by atoms with Gasteiger partial charge in [0.15, 0.2) is 0 Å². The summed E-state index contributed by atoms with van der Waals surface area (Å²) in [5, 5.41) is 3.90. The normalized spacial score (nSPS) is 13.6. The molecule has 5 heteroatoms. The van der Waals surface area contributed by atoms with Crippen LogP contribution < -0.4 is 10.1 Å². The van der Waals surface area contributed by atoms with Gasteiger partial charge in [-0.15, -0.1) is 0 Å². The van der Waals surface area contributed by atoms with Gasteiger partial charge in [0.1, 0.15) is 16.9 Å². The Morgan fingerprint density at radius 3 is 2.69 bits per heavy atom. The van der Waals surface area contributed by atoms with Crippen molar-refractivity contribution in [3.05, 3.63) is 30.5 Å². The molecule has 0 radical (unpaired) electrons. The lowest BCUT2D eigenvalue weighted by Crippen LogP contribution is -2.44. The molecule has 0 spiro atoms. The number of fused-ring (bicyclic) bond motifs is 1. The molecule has 5 nitrogen and oxygen atoms in total. The summed E-state index contributed by atoms with van der Waals surface area (Å²) < 4.78 is 11.6. The molecule has 142 valence electrons. The van der Waals surface area contributed by atoms with Gasteiger partial charge in [-0.3, -0.25) is 9.78 Å². The first-order valence-electron chi connectivity index (χ1n) is 9.37. The van der Waals surface area contributed by atoms with Crippen molar-refractivity contribution >= 4 is 22.5 Å². The van der Waals surface area contributed by atoms with Gasteiger partial charge in [-0.1, -0.05) is 20.8 Å². The number of carbonyl (C=O) groups excluding carboxylic acids is 1. The maximum Gasteiger partial charge on any atom is 0.256 e. The van der Waals surface area contributed by atoms with Crippen LogP contribution >= 0.6 is 0 Å². The topological polar surface area (TPSA) is 60.5 Å². The zero-order valence-corrected chi connectivity index (χ0v) is 16.5. The minimum absolute atomic E-state index is 0.138. The number of carbonyl (C=O) groups is 1. The van der Waals surface area contributed by atoms with Crippen molar-refractivity contribution in [2.24, 2.45) is 5.92 Å². The quantitative estimate of drug-likeness (QED) is 0.699. The lowest BCUT2D eigenvalue weighted by atomic mass is 9.93. The molecule has 0 saturated carbocycles.